The summed E-state index contributed by atoms with van der Waals surface area (Å²) in [6.45, 7) is 2.22. The molecular formula is C6H9N3S. The van der Waals surface area contributed by atoms with Crippen molar-refractivity contribution < 1.29 is 0 Å². The van der Waals surface area contributed by atoms with Crippen LogP contribution in [0.2, 0.25) is 0 Å². The van der Waals surface area contributed by atoms with Crippen LogP contribution in [0.5, 0.6) is 0 Å². The molecule has 54 valence electrons. The number of anilines is 1. The predicted octanol–water partition coefficient (Wildman–Crippen LogP) is 1.24. The summed E-state index contributed by atoms with van der Waals surface area (Å²) in [5, 5.41) is 1.12. The summed E-state index contributed by atoms with van der Waals surface area (Å²) >= 11 is 1.44. The second-order valence-corrected chi connectivity index (χ2v) is 3.59. The Balaban J connectivity index is 2.20. The maximum atomic E-state index is 5.38. The SMILES string of the molecule is CC1CC1c1nc(N)ns1. The van der Waals surface area contributed by atoms with Crippen LogP contribution < -0.4 is 5.73 Å². The van der Waals surface area contributed by atoms with Crippen LogP contribution in [-0.4, -0.2) is 9.36 Å². The molecule has 1 fully saturated rings. The lowest BCUT2D eigenvalue weighted by Crippen LogP contribution is -1.86. The Morgan fingerprint density at radius 3 is 2.80 bits per heavy atom. The van der Waals surface area contributed by atoms with E-state index in [4.69, 9.17) is 5.73 Å². The quantitative estimate of drug-likeness (QED) is 0.664. The molecule has 2 rings (SSSR count). The molecule has 1 aliphatic carbocycles. The van der Waals surface area contributed by atoms with Crippen molar-refractivity contribution >= 4 is 17.5 Å². The summed E-state index contributed by atoms with van der Waals surface area (Å²) in [5.41, 5.74) is 5.38. The van der Waals surface area contributed by atoms with E-state index in [2.05, 4.69) is 16.3 Å². The molecule has 0 saturated heterocycles. The average molecular weight is 155 g/mol. The van der Waals surface area contributed by atoms with Crippen molar-refractivity contribution in [2.45, 2.75) is 19.3 Å². The van der Waals surface area contributed by atoms with Crippen LogP contribution >= 0.6 is 11.5 Å². The minimum absolute atomic E-state index is 0.430. The van der Waals surface area contributed by atoms with Gasteiger partial charge in [0.25, 0.3) is 0 Å². The molecule has 1 aliphatic rings. The molecule has 0 spiro atoms. The molecule has 3 nitrogen and oxygen atoms in total. The molecule has 0 radical (unpaired) electrons. The minimum Gasteiger partial charge on any atom is -0.367 e. The zero-order valence-electron chi connectivity index (χ0n) is 5.74. The third kappa shape index (κ3) is 0.883. The average Bonchev–Trinajstić information content (AvgIpc) is 2.42. The highest BCUT2D eigenvalue weighted by molar-refractivity contribution is 7.05. The molecule has 2 unspecified atom stereocenters. The van der Waals surface area contributed by atoms with Gasteiger partial charge >= 0.3 is 0 Å². The van der Waals surface area contributed by atoms with Gasteiger partial charge in [0.2, 0.25) is 5.95 Å². The summed E-state index contributed by atoms with van der Waals surface area (Å²) in [4.78, 5) is 4.11. The largest absolute Gasteiger partial charge is 0.367 e. The monoisotopic (exact) mass is 155 g/mol. The van der Waals surface area contributed by atoms with Gasteiger partial charge in [-0.05, 0) is 23.9 Å². The maximum absolute atomic E-state index is 5.38. The maximum Gasteiger partial charge on any atom is 0.232 e. The van der Waals surface area contributed by atoms with Crippen molar-refractivity contribution in [2.75, 3.05) is 5.73 Å². The second-order valence-electron chi connectivity index (χ2n) is 2.81. The minimum atomic E-state index is 0.430. The van der Waals surface area contributed by atoms with E-state index in [1.165, 1.54) is 18.0 Å². The highest BCUT2D eigenvalue weighted by atomic mass is 32.1. The van der Waals surface area contributed by atoms with E-state index in [0.717, 1.165) is 10.9 Å². The van der Waals surface area contributed by atoms with Gasteiger partial charge in [-0.1, -0.05) is 6.92 Å². The van der Waals surface area contributed by atoms with Gasteiger partial charge in [0.15, 0.2) is 0 Å². The highest BCUT2D eigenvalue weighted by Crippen LogP contribution is 2.47. The van der Waals surface area contributed by atoms with Gasteiger partial charge in [0.1, 0.15) is 5.01 Å². The molecule has 0 amide bonds. The number of hydrogen-bond acceptors (Lipinski definition) is 4. The first-order chi connectivity index (χ1) is 4.77. The van der Waals surface area contributed by atoms with Gasteiger partial charge in [-0.15, -0.1) is 0 Å². The summed E-state index contributed by atoms with van der Waals surface area (Å²) in [5.74, 6) is 1.89. The highest BCUT2D eigenvalue weighted by Gasteiger charge is 2.36. The van der Waals surface area contributed by atoms with Crippen molar-refractivity contribution in [1.82, 2.24) is 9.36 Å². The third-order valence-electron chi connectivity index (χ3n) is 1.88. The number of aromatic nitrogens is 2. The van der Waals surface area contributed by atoms with Crippen LogP contribution in [0.25, 0.3) is 0 Å². The lowest BCUT2D eigenvalue weighted by Gasteiger charge is -1.83. The second kappa shape index (κ2) is 1.92. The molecule has 1 aromatic rings. The molecule has 1 saturated carbocycles. The Morgan fingerprint density at radius 2 is 2.40 bits per heavy atom. The fourth-order valence-corrected chi connectivity index (χ4v) is 1.89. The zero-order chi connectivity index (χ0) is 7.14. The van der Waals surface area contributed by atoms with Gasteiger partial charge < -0.3 is 5.73 Å². The topological polar surface area (TPSA) is 51.8 Å². The number of nitrogens with zero attached hydrogens (tertiary/aromatic N) is 2. The van der Waals surface area contributed by atoms with Crippen molar-refractivity contribution in [3.8, 4) is 0 Å². The first-order valence-electron chi connectivity index (χ1n) is 3.36. The van der Waals surface area contributed by atoms with Gasteiger partial charge in [-0.2, -0.15) is 4.37 Å². The molecule has 1 aromatic heterocycles. The lowest BCUT2D eigenvalue weighted by atomic mass is 10.4. The van der Waals surface area contributed by atoms with E-state index in [1.807, 2.05) is 0 Å². The summed E-state index contributed by atoms with van der Waals surface area (Å²) in [6.07, 6.45) is 1.26. The Labute approximate surface area is 63.4 Å². The lowest BCUT2D eigenvalue weighted by molar-refractivity contribution is 0.906. The molecule has 0 aromatic carbocycles. The number of nitrogens with two attached hydrogens (primary N) is 1. The Kier molecular flexibility index (Phi) is 1.17. The van der Waals surface area contributed by atoms with E-state index < -0.39 is 0 Å². The molecule has 0 bridgehead atoms. The van der Waals surface area contributed by atoms with Gasteiger partial charge in [-0.3, -0.25) is 0 Å². The molecule has 2 atom stereocenters. The molecule has 10 heavy (non-hydrogen) atoms. The van der Waals surface area contributed by atoms with Crippen molar-refractivity contribution in [3.05, 3.63) is 5.01 Å². The zero-order valence-corrected chi connectivity index (χ0v) is 6.56. The van der Waals surface area contributed by atoms with E-state index >= 15 is 0 Å². The fourth-order valence-electron chi connectivity index (χ4n) is 1.06. The van der Waals surface area contributed by atoms with Crippen LogP contribution in [0.4, 0.5) is 5.95 Å². The Bertz CT molecular complexity index is 245. The van der Waals surface area contributed by atoms with E-state index in [-0.39, 0.29) is 0 Å². The predicted molar refractivity (Wildman–Crippen MR) is 40.8 cm³/mol. The number of rotatable bonds is 1. The van der Waals surface area contributed by atoms with E-state index in [9.17, 15) is 0 Å². The molecular weight excluding hydrogens is 146 g/mol. The van der Waals surface area contributed by atoms with Crippen LogP contribution in [0, 0.1) is 5.92 Å². The summed E-state index contributed by atoms with van der Waals surface area (Å²) in [7, 11) is 0. The van der Waals surface area contributed by atoms with Gasteiger partial charge in [0, 0.05) is 5.92 Å². The summed E-state index contributed by atoms with van der Waals surface area (Å²) in [6, 6.07) is 0. The summed E-state index contributed by atoms with van der Waals surface area (Å²) < 4.78 is 3.92. The van der Waals surface area contributed by atoms with Crippen molar-refractivity contribution in [3.63, 3.8) is 0 Å². The number of nitrogen functional groups attached to an aromatic ring is 1. The first-order valence-corrected chi connectivity index (χ1v) is 4.14. The molecule has 0 aliphatic heterocycles. The van der Waals surface area contributed by atoms with Crippen molar-refractivity contribution in [1.29, 1.82) is 0 Å². The third-order valence-corrected chi connectivity index (χ3v) is 2.74. The van der Waals surface area contributed by atoms with Crippen LogP contribution in [-0.2, 0) is 0 Å². The standard InChI is InChI=1S/C6H9N3S/c1-3-2-4(3)5-8-6(7)9-10-5/h3-4H,2H2,1H3,(H2,7,9). The van der Waals surface area contributed by atoms with Crippen LogP contribution in [0.3, 0.4) is 0 Å². The molecule has 4 heteroatoms. The Hall–Kier alpha value is -0.640. The van der Waals surface area contributed by atoms with Crippen LogP contribution in [0.15, 0.2) is 0 Å². The van der Waals surface area contributed by atoms with E-state index in [0.29, 0.717) is 11.9 Å². The smallest absolute Gasteiger partial charge is 0.232 e. The van der Waals surface area contributed by atoms with E-state index in [1.54, 1.807) is 0 Å². The van der Waals surface area contributed by atoms with Crippen LogP contribution in [0.1, 0.15) is 24.3 Å². The fraction of sp³-hybridized carbons (Fsp3) is 0.667. The number of hydrogen-bond donors (Lipinski definition) is 1. The van der Waals surface area contributed by atoms with Gasteiger partial charge in [0.05, 0.1) is 0 Å². The molecule has 2 N–H and O–H groups in total. The first kappa shape index (κ1) is 6.09. The van der Waals surface area contributed by atoms with Crippen molar-refractivity contribution in [2.24, 2.45) is 5.92 Å². The Morgan fingerprint density at radius 1 is 1.70 bits per heavy atom. The van der Waals surface area contributed by atoms with Gasteiger partial charge in [-0.25, -0.2) is 4.98 Å². The molecule has 1 heterocycles. The normalized spacial score (nSPS) is 30.5.